The lowest BCUT2D eigenvalue weighted by Crippen LogP contribution is -2.48. The van der Waals surface area contributed by atoms with Crippen LogP contribution in [0.5, 0.6) is 5.75 Å². The maximum absolute atomic E-state index is 13.1. The van der Waals surface area contributed by atoms with Crippen LogP contribution in [0.25, 0.3) is 0 Å². The van der Waals surface area contributed by atoms with E-state index < -0.39 is 6.10 Å². The maximum atomic E-state index is 13.1. The van der Waals surface area contributed by atoms with Crippen LogP contribution in [0.4, 0.5) is 4.39 Å². The van der Waals surface area contributed by atoms with Crippen molar-refractivity contribution in [2.75, 3.05) is 20.1 Å². The topological polar surface area (TPSA) is 41.6 Å². The largest absolute Gasteiger partial charge is 0.481 e. The minimum atomic E-state index is -0.595. The molecule has 1 aromatic rings. The molecular weight excluding hydrogens is 259 g/mol. The van der Waals surface area contributed by atoms with Crippen LogP contribution in [0.2, 0.25) is 0 Å². The molecule has 1 fully saturated rings. The third-order valence-corrected chi connectivity index (χ3v) is 3.67. The fourth-order valence-electron chi connectivity index (χ4n) is 2.44. The van der Waals surface area contributed by atoms with E-state index in [1.165, 1.54) is 12.1 Å². The molecule has 1 atom stereocenters. The fourth-order valence-corrected chi connectivity index (χ4v) is 2.44. The average Bonchev–Trinajstić information content (AvgIpc) is 2.46. The van der Waals surface area contributed by atoms with E-state index in [0.29, 0.717) is 11.8 Å². The lowest BCUT2D eigenvalue weighted by Gasteiger charge is -2.33. The van der Waals surface area contributed by atoms with Crippen LogP contribution in [-0.4, -0.2) is 43.1 Å². The Morgan fingerprint density at radius 1 is 1.45 bits per heavy atom. The molecule has 20 heavy (non-hydrogen) atoms. The van der Waals surface area contributed by atoms with E-state index in [1.807, 2.05) is 11.9 Å². The number of ether oxygens (including phenoxy) is 1. The molecule has 1 N–H and O–H groups in total. The molecule has 110 valence electrons. The van der Waals surface area contributed by atoms with Crippen LogP contribution in [0.15, 0.2) is 24.3 Å². The second-order valence-electron chi connectivity index (χ2n) is 5.11. The van der Waals surface area contributed by atoms with Gasteiger partial charge in [-0.25, -0.2) is 4.39 Å². The Bertz CT molecular complexity index is 459. The van der Waals surface area contributed by atoms with Gasteiger partial charge in [-0.05, 0) is 38.9 Å². The van der Waals surface area contributed by atoms with Crippen molar-refractivity contribution in [3.05, 3.63) is 30.1 Å². The molecule has 1 aromatic carbocycles. The van der Waals surface area contributed by atoms with Crippen molar-refractivity contribution < 1.29 is 13.9 Å². The van der Waals surface area contributed by atoms with E-state index in [9.17, 15) is 9.18 Å². The quantitative estimate of drug-likeness (QED) is 0.914. The van der Waals surface area contributed by atoms with Gasteiger partial charge in [0.25, 0.3) is 5.91 Å². The number of piperidine rings is 1. The summed E-state index contributed by atoms with van der Waals surface area (Å²) in [6.45, 7) is 3.18. The molecule has 0 aliphatic carbocycles. The van der Waals surface area contributed by atoms with E-state index >= 15 is 0 Å². The molecule has 0 radical (unpaired) electrons. The zero-order valence-corrected chi connectivity index (χ0v) is 11.9. The molecular formula is C15H21FN2O2. The first-order valence-corrected chi connectivity index (χ1v) is 6.98. The molecule has 1 aliphatic heterocycles. The number of carbonyl (C=O) groups is 1. The number of nitrogens with zero attached hydrogens (tertiary/aromatic N) is 1. The summed E-state index contributed by atoms with van der Waals surface area (Å²) in [6.07, 6.45) is 1.31. The smallest absolute Gasteiger partial charge is 0.263 e. The Morgan fingerprint density at radius 3 is 2.75 bits per heavy atom. The van der Waals surface area contributed by atoms with E-state index in [2.05, 4.69) is 5.32 Å². The summed E-state index contributed by atoms with van der Waals surface area (Å²) < 4.78 is 18.6. The molecule has 1 amide bonds. The van der Waals surface area contributed by atoms with Crippen LogP contribution in [0.1, 0.15) is 19.8 Å². The average molecular weight is 280 g/mol. The zero-order valence-electron chi connectivity index (χ0n) is 11.9. The monoisotopic (exact) mass is 280 g/mol. The molecule has 0 spiro atoms. The van der Waals surface area contributed by atoms with Crippen molar-refractivity contribution in [3.63, 3.8) is 0 Å². The molecule has 1 aliphatic rings. The van der Waals surface area contributed by atoms with Crippen molar-refractivity contribution in [2.24, 2.45) is 0 Å². The Hall–Kier alpha value is -1.62. The first kappa shape index (κ1) is 14.8. The molecule has 4 nitrogen and oxygen atoms in total. The maximum Gasteiger partial charge on any atom is 0.263 e. The highest BCUT2D eigenvalue weighted by Gasteiger charge is 2.26. The lowest BCUT2D eigenvalue weighted by molar-refractivity contribution is -0.139. The summed E-state index contributed by atoms with van der Waals surface area (Å²) in [5.74, 6) is -0.0169. The summed E-state index contributed by atoms with van der Waals surface area (Å²) in [4.78, 5) is 14.1. The van der Waals surface area contributed by atoms with E-state index in [0.717, 1.165) is 25.9 Å². The van der Waals surface area contributed by atoms with Gasteiger partial charge in [0.2, 0.25) is 0 Å². The number of nitrogens with one attached hydrogen (secondary N) is 1. The summed E-state index contributed by atoms with van der Waals surface area (Å²) in [5.41, 5.74) is 0. The van der Waals surface area contributed by atoms with E-state index in [1.54, 1.807) is 19.1 Å². The first-order chi connectivity index (χ1) is 9.60. The molecule has 0 bridgehead atoms. The van der Waals surface area contributed by atoms with Crippen LogP contribution in [0, 0.1) is 5.82 Å². The van der Waals surface area contributed by atoms with Crippen molar-refractivity contribution in [2.45, 2.75) is 31.9 Å². The van der Waals surface area contributed by atoms with E-state index in [-0.39, 0.29) is 11.7 Å². The minimum absolute atomic E-state index is 0.0381. The Morgan fingerprint density at radius 2 is 2.15 bits per heavy atom. The molecule has 1 heterocycles. The van der Waals surface area contributed by atoms with Gasteiger partial charge >= 0.3 is 0 Å². The zero-order chi connectivity index (χ0) is 14.5. The molecule has 2 rings (SSSR count). The highest BCUT2D eigenvalue weighted by molar-refractivity contribution is 5.81. The van der Waals surface area contributed by atoms with E-state index in [4.69, 9.17) is 4.74 Å². The standard InChI is InChI=1S/C15H21FN2O2/c1-11(20-14-5-3-4-12(16)10-14)15(19)18-8-6-13(17-2)7-9-18/h3-5,10-11,13,17H,6-9H2,1-2H3. The normalized spacial score (nSPS) is 17.9. The molecule has 0 aromatic heterocycles. The van der Waals surface area contributed by atoms with Crippen LogP contribution in [-0.2, 0) is 4.79 Å². The van der Waals surface area contributed by atoms with Gasteiger partial charge in [0.15, 0.2) is 6.10 Å². The Labute approximate surface area is 118 Å². The number of carbonyl (C=O) groups excluding carboxylic acids is 1. The minimum Gasteiger partial charge on any atom is -0.481 e. The van der Waals surface area contributed by atoms with Crippen LogP contribution >= 0.6 is 0 Å². The second kappa shape index (κ2) is 6.70. The third kappa shape index (κ3) is 3.70. The number of benzene rings is 1. The number of amides is 1. The van der Waals surface area contributed by atoms with Gasteiger partial charge < -0.3 is 15.0 Å². The van der Waals surface area contributed by atoms with Gasteiger partial charge in [0.05, 0.1) is 0 Å². The summed E-state index contributed by atoms with van der Waals surface area (Å²) in [5, 5.41) is 3.23. The van der Waals surface area contributed by atoms with Gasteiger partial charge in [-0.15, -0.1) is 0 Å². The lowest BCUT2D eigenvalue weighted by atomic mass is 10.0. The van der Waals surface area contributed by atoms with Crippen molar-refractivity contribution >= 4 is 5.91 Å². The highest BCUT2D eigenvalue weighted by Crippen LogP contribution is 2.16. The predicted molar refractivity (Wildman–Crippen MR) is 75.2 cm³/mol. The van der Waals surface area contributed by atoms with Gasteiger partial charge in [-0.3, -0.25) is 4.79 Å². The van der Waals surface area contributed by atoms with Crippen molar-refractivity contribution in [1.29, 1.82) is 0 Å². The van der Waals surface area contributed by atoms with Crippen LogP contribution < -0.4 is 10.1 Å². The predicted octanol–water partition coefficient (Wildman–Crippen LogP) is 1.80. The van der Waals surface area contributed by atoms with Crippen molar-refractivity contribution in [1.82, 2.24) is 10.2 Å². The number of hydrogen-bond donors (Lipinski definition) is 1. The first-order valence-electron chi connectivity index (χ1n) is 6.98. The fraction of sp³-hybridized carbons (Fsp3) is 0.533. The molecule has 0 saturated carbocycles. The summed E-state index contributed by atoms with van der Waals surface area (Å²) in [6, 6.07) is 6.35. The Kier molecular flexibility index (Phi) is 4.95. The second-order valence-corrected chi connectivity index (χ2v) is 5.11. The molecule has 1 unspecified atom stereocenters. The van der Waals surface area contributed by atoms with Gasteiger partial charge in [-0.1, -0.05) is 6.07 Å². The highest BCUT2D eigenvalue weighted by atomic mass is 19.1. The van der Waals surface area contributed by atoms with Gasteiger partial charge in [0, 0.05) is 25.2 Å². The number of rotatable bonds is 4. The number of hydrogen-bond acceptors (Lipinski definition) is 3. The summed E-state index contributed by atoms with van der Waals surface area (Å²) in [7, 11) is 1.94. The van der Waals surface area contributed by atoms with Gasteiger partial charge in [-0.2, -0.15) is 0 Å². The molecule has 1 saturated heterocycles. The summed E-state index contributed by atoms with van der Waals surface area (Å²) >= 11 is 0. The number of likely N-dealkylation sites (tertiary alicyclic amines) is 1. The molecule has 5 heteroatoms. The van der Waals surface area contributed by atoms with Gasteiger partial charge in [0.1, 0.15) is 11.6 Å². The number of halogens is 1. The Balaban J connectivity index is 1.89. The SMILES string of the molecule is CNC1CCN(C(=O)C(C)Oc2cccc(F)c2)CC1. The third-order valence-electron chi connectivity index (χ3n) is 3.67. The van der Waals surface area contributed by atoms with Crippen LogP contribution in [0.3, 0.4) is 0 Å². The van der Waals surface area contributed by atoms with Crippen molar-refractivity contribution in [3.8, 4) is 5.75 Å².